The van der Waals surface area contributed by atoms with E-state index in [1.807, 2.05) is 61.5 Å². The molecule has 3 aromatic carbocycles. The lowest BCUT2D eigenvalue weighted by atomic mass is 9.89. The Morgan fingerprint density at radius 1 is 0.941 bits per heavy atom. The summed E-state index contributed by atoms with van der Waals surface area (Å²) in [5, 5.41) is 20.7. The van der Waals surface area contributed by atoms with Gasteiger partial charge in [0.05, 0.1) is 12.0 Å². The number of aliphatic hydroxyl groups is 1. The number of hydrogen-bond acceptors (Lipinski definition) is 3. The van der Waals surface area contributed by atoms with Gasteiger partial charge in [0.2, 0.25) is 0 Å². The first kappa shape index (κ1) is 23.7. The summed E-state index contributed by atoms with van der Waals surface area (Å²) in [6, 6.07) is 25.5. The van der Waals surface area contributed by atoms with Crippen molar-refractivity contribution in [3.63, 3.8) is 0 Å². The fourth-order valence-electron chi connectivity index (χ4n) is 4.81. The Morgan fingerprint density at radius 2 is 1.59 bits per heavy atom. The van der Waals surface area contributed by atoms with E-state index in [0.717, 1.165) is 22.3 Å². The van der Waals surface area contributed by atoms with Crippen molar-refractivity contribution in [3.05, 3.63) is 95.6 Å². The van der Waals surface area contributed by atoms with Crippen molar-refractivity contribution in [3.8, 4) is 11.1 Å². The number of amides is 1. The Hall–Kier alpha value is -3.44. The maximum atomic E-state index is 12.9. The number of rotatable bonds is 10. The molecule has 0 fully saturated rings. The smallest absolute Gasteiger partial charge is 0.309 e. The van der Waals surface area contributed by atoms with Gasteiger partial charge < -0.3 is 15.1 Å². The van der Waals surface area contributed by atoms with E-state index in [1.165, 1.54) is 0 Å². The summed E-state index contributed by atoms with van der Waals surface area (Å²) < 4.78 is 0. The summed E-state index contributed by atoms with van der Waals surface area (Å²) in [4.78, 5) is 26.7. The third kappa shape index (κ3) is 5.20. The average molecular weight is 458 g/mol. The minimum atomic E-state index is -1.02. The fraction of sp³-hybridized carbons (Fsp3) is 0.310. The van der Waals surface area contributed by atoms with E-state index in [-0.39, 0.29) is 18.4 Å². The van der Waals surface area contributed by atoms with Crippen molar-refractivity contribution in [2.45, 2.75) is 51.3 Å². The van der Waals surface area contributed by atoms with Gasteiger partial charge in [0.25, 0.3) is 5.91 Å². The van der Waals surface area contributed by atoms with Gasteiger partial charge in [-0.3, -0.25) is 9.59 Å². The van der Waals surface area contributed by atoms with Gasteiger partial charge in [0.15, 0.2) is 0 Å². The fourth-order valence-corrected chi connectivity index (χ4v) is 4.81. The molecule has 176 valence electrons. The predicted molar refractivity (Wildman–Crippen MR) is 132 cm³/mol. The van der Waals surface area contributed by atoms with Crippen LogP contribution in [0.15, 0.2) is 78.9 Å². The van der Waals surface area contributed by atoms with Crippen LogP contribution in [0.4, 0.5) is 0 Å². The Bertz CT molecular complexity index is 1130. The highest BCUT2D eigenvalue weighted by atomic mass is 16.4. The molecule has 1 aliphatic rings. The first-order valence-electron chi connectivity index (χ1n) is 11.9. The molecule has 0 saturated heterocycles. The van der Waals surface area contributed by atoms with Gasteiger partial charge in [0, 0.05) is 18.2 Å². The molecule has 34 heavy (non-hydrogen) atoms. The molecule has 5 nitrogen and oxygen atoms in total. The summed E-state index contributed by atoms with van der Waals surface area (Å²) in [6.45, 7) is 2.45. The summed E-state index contributed by atoms with van der Waals surface area (Å²) in [6.07, 6.45) is 0.828. The monoisotopic (exact) mass is 457 g/mol. The molecule has 0 spiro atoms. The second kappa shape index (κ2) is 10.7. The third-order valence-electron chi connectivity index (χ3n) is 6.86. The van der Waals surface area contributed by atoms with Crippen molar-refractivity contribution in [2.24, 2.45) is 5.92 Å². The molecule has 0 aliphatic carbocycles. The van der Waals surface area contributed by atoms with Crippen molar-refractivity contribution < 1.29 is 19.8 Å². The lowest BCUT2D eigenvalue weighted by Gasteiger charge is -2.30. The van der Waals surface area contributed by atoms with Crippen LogP contribution in [0.1, 0.15) is 47.7 Å². The van der Waals surface area contributed by atoms with Gasteiger partial charge in [-0.05, 0) is 54.0 Å². The molecular formula is C29H31NO4. The number of aliphatic carboxylic acids is 1. The normalized spacial score (nSPS) is 15.6. The minimum Gasteiger partial charge on any atom is -0.481 e. The number of carboxylic acid groups (broad SMARTS) is 1. The lowest BCUT2D eigenvalue weighted by molar-refractivity contribution is -0.146. The van der Waals surface area contributed by atoms with Gasteiger partial charge in [-0.15, -0.1) is 0 Å². The molecular weight excluding hydrogens is 426 g/mol. The molecule has 3 atom stereocenters. The van der Waals surface area contributed by atoms with E-state index in [4.69, 9.17) is 0 Å². The number of nitrogens with zero attached hydrogens (tertiary/aromatic N) is 1. The first-order chi connectivity index (χ1) is 16.5. The SMILES string of the molecule is CCC(CC(C(=O)O)C(O)CCc1ccc(-c2ccccc2)cc1)N1Cc2ccccc2C1=O. The molecule has 2 N–H and O–H groups in total. The highest BCUT2D eigenvalue weighted by Crippen LogP contribution is 2.29. The van der Waals surface area contributed by atoms with Crippen LogP contribution < -0.4 is 0 Å². The van der Waals surface area contributed by atoms with Crippen LogP contribution in [0, 0.1) is 5.92 Å². The van der Waals surface area contributed by atoms with E-state index in [1.54, 1.807) is 4.90 Å². The molecule has 3 unspecified atom stereocenters. The number of fused-ring (bicyclic) bond motifs is 1. The van der Waals surface area contributed by atoms with Gasteiger partial charge in [-0.25, -0.2) is 0 Å². The Morgan fingerprint density at radius 3 is 2.24 bits per heavy atom. The van der Waals surface area contributed by atoms with Crippen molar-refractivity contribution >= 4 is 11.9 Å². The molecule has 0 radical (unpaired) electrons. The van der Waals surface area contributed by atoms with Gasteiger partial charge in [0.1, 0.15) is 0 Å². The average Bonchev–Trinajstić information content (AvgIpc) is 3.20. The Balaban J connectivity index is 1.38. The number of hydrogen-bond donors (Lipinski definition) is 2. The lowest BCUT2D eigenvalue weighted by Crippen LogP contribution is -2.40. The van der Waals surface area contributed by atoms with E-state index in [0.29, 0.717) is 31.4 Å². The third-order valence-corrected chi connectivity index (χ3v) is 6.86. The topological polar surface area (TPSA) is 77.8 Å². The van der Waals surface area contributed by atoms with Gasteiger partial charge >= 0.3 is 5.97 Å². The number of aryl methyl sites for hydroxylation is 1. The summed E-state index contributed by atoms with van der Waals surface area (Å²) >= 11 is 0. The van der Waals surface area contributed by atoms with E-state index in [9.17, 15) is 19.8 Å². The van der Waals surface area contributed by atoms with E-state index in [2.05, 4.69) is 24.3 Å². The van der Waals surface area contributed by atoms with Crippen LogP contribution in [0.3, 0.4) is 0 Å². The largest absolute Gasteiger partial charge is 0.481 e. The van der Waals surface area contributed by atoms with Crippen LogP contribution in [0.2, 0.25) is 0 Å². The zero-order valence-electron chi connectivity index (χ0n) is 19.4. The maximum Gasteiger partial charge on any atom is 0.309 e. The van der Waals surface area contributed by atoms with Crippen LogP contribution in [0.25, 0.3) is 11.1 Å². The van der Waals surface area contributed by atoms with E-state index < -0.39 is 18.0 Å². The van der Waals surface area contributed by atoms with Crippen LogP contribution in [-0.4, -0.2) is 39.1 Å². The van der Waals surface area contributed by atoms with E-state index >= 15 is 0 Å². The summed E-state index contributed by atoms with van der Waals surface area (Å²) in [5.74, 6) is -2.00. The number of benzene rings is 3. The zero-order valence-corrected chi connectivity index (χ0v) is 19.4. The molecule has 4 rings (SSSR count). The Kier molecular flexibility index (Phi) is 7.43. The minimum absolute atomic E-state index is 0.0559. The highest BCUT2D eigenvalue weighted by molar-refractivity contribution is 5.98. The van der Waals surface area contributed by atoms with Gasteiger partial charge in [-0.1, -0.05) is 79.7 Å². The van der Waals surface area contributed by atoms with Crippen molar-refractivity contribution in [1.82, 2.24) is 4.90 Å². The summed E-state index contributed by atoms with van der Waals surface area (Å²) in [5.41, 5.74) is 4.98. The molecule has 1 aliphatic heterocycles. The molecule has 5 heteroatoms. The second-order valence-corrected chi connectivity index (χ2v) is 9.00. The quantitative estimate of drug-likeness (QED) is 0.440. The number of carbonyl (C=O) groups is 2. The molecule has 1 heterocycles. The van der Waals surface area contributed by atoms with Crippen molar-refractivity contribution in [2.75, 3.05) is 0 Å². The van der Waals surface area contributed by atoms with Crippen molar-refractivity contribution in [1.29, 1.82) is 0 Å². The molecule has 0 aromatic heterocycles. The zero-order chi connectivity index (χ0) is 24.1. The molecule has 0 bridgehead atoms. The van der Waals surface area contributed by atoms with Crippen LogP contribution in [0.5, 0.6) is 0 Å². The number of aliphatic hydroxyl groups excluding tert-OH is 1. The molecule has 1 amide bonds. The number of carbonyl (C=O) groups excluding carboxylic acids is 1. The molecule has 3 aromatic rings. The van der Waals surface area contributed by atoms with Crippen LogP contribution in [-0.2, 0) is 17.8 Å². The second-order valence-electron chi connectivity index (χ2n) is 9.00. The predicted octanol–water partition coefficient (Wildman–Crippen LogP) is 5.17. The van der Waals surface area contributed by atoms with Crippen LogP contribution >= 0.6 is 0 Å². The standard InChI is InChI=1S/C29H31NO4/c1-2-24(30-19-23-10-6-7-11-25(23)28(30)32)18-26(29(33)34)27(31)17-14-20-12-15-22(16-13-20)21-8-4-3-5-9-21/h3-13,15-16,24,26-27,31H,2,14,17-19H2,1H3,(H,33,34). The first-order valence-corrected chi connectivity index (χ1v) is 11.9. The van der Waals surface area contributed by atoms with Gasteiger partial charge in [-0.2, -0.15) is 0 Å². The summed E-state index contributed by atoms with van der Waals surface area (Å²) in [7, 11) is 0. The maximum absolute atomic E-state index is 12.9. The molecule has 0 saturated carbocycles. The highest BCUT2D eigenvalue weighted by Gasteiger charge is 2.36. The number of carboxylic acids is 1. The Labute approximate surface area is 200 Å².